The van der Waals surface area contributed by atoms with Crippen LogP contribution in [-0.2, 0) is 4.79 Å². The first kappa shape index (κ1) is 11.4. The molecule has 2 rings (SSSR count). The van der Waals surface area contributed by atoms with Crippen LogP contribution in [0.5, 0.6) is 0 Å². The summed E-state index contributed by atoms with van der Waals surface area (Å²) >= 11 is 0. The van der Waals surface area contributed by atoms with E-state index < -0.39 is 17.8 Å². The Bertz CT molecular complexity index is 441. The lowest BCUT2D eigenvalue weighted by atomic mass is 9.86. The molecule has 0 spiro atoms. The van der Waals surface area contributed by atoms with Crippen molar-refractivity contribution in [2.45, 2.75) is 6.42 Å². The standard InChI is InChI=1S/C12H13N3O2/c13-7-9-8-15(6-4-10(9)12(16)17)11-3-1-2-5-14-11/h1-3,5,9-10H,4,6,8H2,(H,16,17). The lowest BCUT2D eigenvalue weighted by molar-refractivity contribution is -0.143. The van der Waals surface area contributed by atoms with E-state index in [0.717, 1.165) is 5.82 Å². The summed E-state index contributed by atoms with van der Waals surface area (Å²) in [5.74, 6) is -1.10. The van der Waals surface area contributed by atoms with E-state index in [4.69, 9.17) is 10.4 Å². The zero-order valence-corrected chi connectivity index (χ0v) is 9.28. The first-order chi connectivity index (χ1) is 8.22. The molecular formula is C12H13N3O2. The molecule has 0 aromatic carbocycles. The van der Waals surface area contributed by atoms with Gasteiger partial charge in [-0.3, -0.25) is 4.79 Å². The summed E-state index contributed by atoms with van der Waals surface area (Å²) in [7, 11) is 0. The normalized spacial score (nSPS) is 24.1. The SMILES string of the molecule is N#CC1CN(c2ccccn2)CCC1C(=O)O. The van der Waals surface area contributed by atoms with Crippen molar-refractivity contribution in [3.05, 3.63) is 24.4 Å². The van der Waals surface area contributed by atoms with Crippen molar-refractivity contribution >= 4 is 11.8 Å². The Morgan fingerprint density at radius 2 is 2.41 bits per heavy atom. The van der Waals surface area contributed by atoms with Crippen LogP contribution in [0.3, 0.4) is 0 Å². The van der Waals surface area contributed by atoms with Gasteiger partial charge < -0.3 is 10.0 Å². The molecule has 88 valence electrons. The summed E-state index contributed by atoms with van der Waals surface area (Å²) in [6.45, 7) is 1.07. The van der Waals surface area contributed by atoms with Crippen LogP contribution in [0.15, 0.2) is 24.4 Å². The second kappa shape index (κ2) is 4.83. The molecule has 1 aromatic heterocycles. The van der Waals surface area contributed by atoms with Crippen LogP contribution < -0.4 is 4.90 Å². The lowest BCUT2D eigenvalue weighted by Gasteiger charge is -2.34. The average molecular weight is 231 g/mol. The minimum absolute atomic E-state index is 0.435. The van der Waals surface area contributed by atoms with E-state index in [9.17, 15) is 4.79 Å². The zero-order chi connectivity index (χ0) is 12.3. The lowest BCUT2D eigenvalue weighted by Crippen LogP contribution is -2.43. The first-order valence-corrected chi connectivity index (χ1v) is 5.51. The smallest absolute Gasteiger partial charge is 0.307 e. The molecule has 5 nitrogen and oxygen atoms in total. The average Bonchev–Trinajstić information content (AvgIpc) is 2.39. The number of hydrogen-bond acceptors (Lipinski definition) is 4. The van der Waals surface area contributed by atoms with Gasteiger partial charge in [0.05, 0.1) is 17.9 Å². The molecule has 1 aromatic rings. The topological polar surface area (TPSA) is 77.2 Å². The number of nitriles is 1. The van der Waals surface area contributed by atoms with Gasteiger partial charge >= 0.3 is 5.97 Å². The fourth-order valence-corrected chi connectivity index (χ4v) is 2.13. The largest absolute Gasteiger partial charge is 0.481 e. The second-order valence-electron chi connectivity index (χ2n) is 4.10. The summed E-state index contributed by atoms with van der Waals surface area (Å²) in [4.78, 5) is 17.2. The molecule has 5 heteroatoms. The molecule has 1 N–H and O–H groups in total. The monoisotopic (exact) mass is 231 g/mol. The summed E-state index contributed by atoms with van der Waals surface area (Å²) in [5.41, 5.74) is 0. The third-order valence-corrected chi connectivity index (χ3v) is 3.07. The van der Waals surface area contributed by atoms with Crippen molar-refractivity contribution < 1.29 is 9.90 Å². The summed E-state index contributed by atoms with van der Waals surface area (Å²) in [5, 5.41) is 18.0. The molecule has 0 bridgehead atoms. The number of aliphatic carboxylic acids is 1. The Hall–Kier alpha value is -2.09. The minimum atomic E-state index is -0.878. The van der Waals surface area contributed by atoms with Gasteiger partial charge in [0.15, 0.2) is 0 Å². The van der Waals surface area contributed by atoms with Crippen LogP contribution in [0.4, 0.5) is 5.82 Å². The van der Waals surface area contributed by atoms with Crippen molar-refractivity contribution in [2.24, 2.45) is 11.8 Å². The number of anilines is 1. The Balaban J connectivity index is 2.12. The maximum absolute atomic E-state index is 11.0. The fraction of sp³-hybridized carbons (Fsp3) is 0.417. The second-order valence-corrected chi connectivity index (χ2v) is 4.10. The number of carbonyl (C=O) groups is 1. The van der Waals surface area contributed by atoms with Gasteiger partial charge in [0.2, 0.25) is 0 Å². The minimum Gasteiger partial charge on any atom is -0.481 e. The molecule has 1 aliphatic rings. The van der Waals surface area contributed by atoms with E-state index >= 15 is 0 Å². The van der Waals surface area contributed by atoms with Crippen LogP contribution >= 0.6 is 0 Å². The van der Waals surface area contributed by atoms with Crippen molar-refractivity contribution in [2.75, 3.05) is 18.0 Å². The first-order valence-electron chi connectivity index (χ1n) is 5.51. The zero-order valence-electron chi connectivity index (χ0n) is 9.28. The number of hydrogen-bond donors (Lipinski definition) is 1. The van der Waals surface area contributed by atoms with Crippen LogP contribution in [0, 0.1) is 23.2 Å². The van der Waals surface area contributed by atoms with Crippen molar-refractivity contribution in [3.63, 3.8) is 0 Å². The highest BCUT2D eigenvalue weighted by atomic mass is 16.4. The maximum atomic E-state index is 11.0. The number of nitrogens with zero attached hydrogens (tertiary/aromatic N) is 3. The number of aromatic nitrogens is 1. The predicted molar refractivity (Wildman–Crippen MR) is 61.3 cm³/mol. The van der Waals surface area contributed by atoms with Crippen molar-refractivity contribution in [3.8, 4) is 6.07 Å². The van der Waals surface area contributed by atoms with E-state index in [1.807, 2.05) is 23.1 Å². The highest BCUT2D eigenvalue weighted by Crippen LogP contribution is 2.26. The quantitative estimate of drug-likeness (QED) is 0.825. The molecule has 0 saturated carbocycles. The van der Waals surface area contributed by atoms with Crippen LogP contribution in [0.25, 0.3) is 0 Å². The van der Waals surface area contributed by atoms with Crippen LogP contribution in [0.1, 0.15) is 6.42 Å². The highest BCUT2D eigenvalue weighted by Gasteiger charge is 2.34. The number of carboxylic acids is 1. The van der Waals surface area contributed by atoms with Gasteiger partial charge in [0.1, 0.15) is 5.82 Å². The molecule has 2 unspecified atom stereocenters. The molecular weight excluding hydrogens is 218 g/mol. The van der Waals surface area contributed by atoms with E-state index in [-0.39, 0.29) is 0 Å². The Kier molecular flexibility index (Phi) is 3.24. The van der Waals surface area contributed by atoms with E-state index in [2.05, 4.69) is 11.1 Å². The molecule has 0 radical (unpaired) electrons. The summed E-state index contributed by atoms with van der Waals surface area (Å²) < 4.78 is 0. The highest BCUT2D eigenvalue weighted by molar-refractivity contribution is 5.71. The molecule has 1 aliphatic heterocycles. The van der Waals surface area contributed by atoms with E-state index in [1.165, 1.54) is 0 Å². The van der Waals surface area contributed by atoms with Gasteiger partial charge in [-0.25, -0.2) is 4.98 Å². The van der Waals surface area contributed by atoms with Crippen LogP contribution in [0.2, 0.25) is 0 Å². The van der Waals surface area contributed by atoms with Gasteiger partial charge in [-0.1, -0.05) is 6.07 Å². The fourth-order valence-electron chi connectivity index (χ4n) is 2.13. The Morgan fingerprint density at radius 3 is 3.00 bits per heavy atom. The van der Waals surface area contributed by atoms with Gasteiger partial charge in [0.25, 0.3) is 0 Å². The maximum Gasteiger partial charge on any atom is 0.307 e. The third-order valence-electron chi connectivity index (χ3n) is 3.07. The molecule has 2 atom stereocenters. The number of piperidine rings is 1. The Labute approximate surface area is 99.3 Å². The van der Waals surface area contributed by atoms with Gasteiger partial charge in [-0.2, -0.15) is 5.26 Å². The number of carboxylic acid groups (broad SMARTS) is 1. The van der Waals surface area contributed by atoms with Gasteiger partial charge in [0, 0.05) is 19.3 Å². The van der Waals surface area contributed by atoms with Crippen molar-refractivity contribution in [1.29, 1.82) is 5.26 Å². The molecule has 1 fully saturated rings. The van der Waals surface area contributed by atoms with E-state index in [1.54, 1.807) is 6.20 Å². The summed E-state index contributed by atoms with van der Waals surface area (Å²) in [6, 6.07) is 7.67. The van der Waals surface area contributed by atoms with Crippen LogP contribution in [-0.4, -0.2) is 29.1 Å². The Morgan fingerprint density at radius 1 is 1.59 bits per heavy atom. The summed E-state index contributed by atoms with van der Waals surface area (Å²) in [6.07, 6.45) is 2.18. The molecule has 1 saturated heterocycles. The third kappa shape index (κ3) is 2.36. The number of rotatable bonds is 2. The molecule has 17 heavy (non-hydrogen) atoms. The van der Waals surface area contributed by atoms with Gasteiger partial charge in [-0.15, -0.1) is 0 Å². The van der Waals surface area contributed by atoms with Crippen molar-refractivity contribution in [1.82, 2.24) is 4.98 Å². The molecule has 0 amide bonds. The van der Waals surface area contributed by atoms with Gasteiger partial charge in [-0.05, 0) is 18.6 Å². The predicted octanol–water partition coefficient (Wildman–Crippen LogP) is 1.13. The van der Waals surface area contributed by atoms with E-state index in [0.29, 0.717) is 19.5 Å². The molecule has 0 aliphatic carbocycles. The number of pyridine rings is 1. The molecule has 2 heterocycles.